The molecule has 0 spiro atoms. The Kier molecular flexibility index (Phi) is 8.89. The first-order chi connectivity index (χ1) is 12.1. The van der Waals surface area contributed by atoms with Crippen molar-refractivity contribution in [3.63, 3.8) is 0 Å². The number of rotatable bonds is 10. The Hall–Kier alpha value is -0.950. The molecule has 0 fully saturated rings. The van der Waals surface area contributed by atoms with Gasteiger partial charge in [0.25, 0.3) is 0 Å². The first-order valence-corrected chi connectivity index (χ1v) is 12.3. The summed E-state index contributed by atoms with van der Waals surface area (Å²) in [7, 11) is -2.58. The first kappa shape index (κ1) is 20.4. The molecule has 2 aromatic carbocycles. The summed E-state index contributed by atoms with van der Waals surface area (Å²) in [5, 5.41) is 1.92. The Balaban J connectivity index is 2.08. The fraction of sp³-hybridized carbons (Fsp3) is 0.333. The second-order valence-corrected chi connectivity index (χ2v) is 10.9. The molecule has 0 atom stereocenters. The zero-order valence-electron chi connectivity index (χ0n) is 14.7. The summed E-state index contributed by atoms with van der Waals surface area (Å²) in [5.74, 6) is 1.01. The van der Waals surface area contributed by atoms with Crippen molar-refractivity contribution >= 4 is 30.5 Å². The average molecular weight is 393 g/mol. The fourth-order valence-electron chi connectivity index (χ4n) is 2.58. The van der Waals surface area contributed by atoms with E-state index >= 15 is 0 Å². The van der Waals surface area contributed by atoms with Gasteiger partial charge in [0.2, 0.25) is 0 Å². The van der Waals surface area contributed by atoms with E-state index in [1.54, 1.807) is 11.8 Å². The standard InChI is InChI=1S/C21H26ClOPS/c1-2-17-25-18-21(22)24(23,15-13-19-9-5-3-6-10-19)16-14-20-11-7-4-8-12-20/h3-12,18H,2,13-17H2,1H3. The van der Waals surface area contributed by atoms with Crippen LogP contribution in [0.2, 0.25) is 0 Å². The number of thioether (sulfide) groups is 1. The maximum Gasteiger partial charge on any atom is 0.127 e. The van der Waals surface area contributed by atoms with Crippen molar-refractivity contribution in [3.05, 3.63) is 82.0 Å². The molecule has 2 rings (SSSR count). The van der Waals surface area contributed by atoms with E-state index in [0.29, 0.717) is 17.1 Å². The molecule has 0 saturated carbocycles. The maximum absolute atomic E-state index is 13.6. The van der Waals surface area contributed by atoms with E-state index in [0.717, 1.165) is 25.0 Å². The largest absolute Gasteiger partial charge is 0.318 e. The molecule has 0 saturated heterocycles. The van der Waals surface area contributed by atoms with Crippen LogP contribution in [0, 0.1) is 0 Å². The van der Waals surface area contributed by atoms with E-state index in [1.165, 1.54) is 11.1 Å². The lowest BCUT2D eigenvalue weighted by Crippen LogP contribution is -2.02. The summed E-state index contributed by atoms with van der Waals surface area (Å²) < 4.78 is 14.2. The molecule has 134 valence electrons. The summed E-state index contributed by atoms with van der Waals surface area (Å²) in [5.41, 5.74) is 2.43. The Labute approximate surface area is 161 Å². The normalized spacial score (nSPS) is 12.3. The summed E-state index contributed by atoms with van der Waals surface area (Å²) in [6.45, 7) is 2.14. The molecule has 4 heteroatoms. The van der Waals surface area contributed by atoms with Crippen molar-refractivity contribution in [3.8, 4) is 0 Å². The molecular formula is C21H26ClOPS. The Bertz CT molecular complexity index is 653. The smallest absolute Gasteiger partial charge is 0.127 e. The molecule has 0 radical (unpaired) electrons. The molecule has 25 heavy (non-hydrogen) atoms. The van der Waals surface area contributed by atoms with E-state index < -0.39 is 7.14 Å². The number of hydrogen-bond donors (Lipinski definition) is 0. The van der Waals surface area contributed by atoms with Gasteiger partial charge in [-0.2, -0.15) is 0 Å². The number of hydrogen-bond acceptors (Lipinski definition) is 2. The van der Waals surface area contributed by atoms with Crippen molar-refractivity contribution in [1.82, 2.24) is 0 Å². The Morgan fingerprint density at radius 1 is 0.960 bits per heavy atom. The summed E-state index contributed by atoms with van der Waals surface area (Å²) in [6.07, 6.45) is 3.95. The van der Waals surface area contributed by atoms with Crippen LogP contribution in [0.15, 0.2) is 70.8 Å². The van der Waals surface area contributed by atoms with Crippen LogP contribution < -0.4 is 0 Å². The molecule has 0 N–H and O–H groups in total. The van der Waals surface area contributed by atoms with E-state index in [-0.39, 0.29) is 0 Å². The van der Waals surface area contributed by atoms with E-state index in [2.05, 4.69) is 31.2 Å². The van der Waals surface area contributed by atoms with Crippen molar-refractivity contribution in [1.29, 1.82) is 0 Å². The van der Waals surface area contributed by atoms with Gasteiger partial charge in [-0.3, -0.25) is 0 Å². The Morgan fingerprint density at radius 3 is 1.88 bits per heavy atom. The van der Waals surface area contributed by atoms with Gasteiger partial charge in [0.05, 0.1) is 4.77 Å². The molecule has 0 unspecified atom stereocenters. The van der Waals surface area contributed by atoms with Crippen LogP contribution in [0.5, 0.6) is 0 Å². The second kappa shape index (κ2) is 10.9. The lowest BCUT2D eigenvalue weighted by Gasteiger charge is -2.18. The number of aryl methyl sites for hydroxylation is 2. The SMILES string of the molecule is CCCSC=C(Cl)P(=O)(CCc1ccccc1)CCc1ccccc1. The maximum atomic E-state index is 13.6. The molecule has 0 amide bonds. The highest BCUT2D eigenvalue weighted by molar-refractivity contribution is 8.02. The van der Waals surface area contributed by atoms with Gasteiger partial charge in [-0.1, -0.05) is 79.2 Å². The third kappa shape index (κ3) is 7.05. The number of halogens is 1. The predicted molar refractivity (Wildman–Crippen MR) is 114 cm³/mol. The third-order valence-corrected chi connectivity index (χ3v) is 9.28. The van der Waals surface area contributed by atoms with Gasteiger partial charge < -0.3 is 4.57 Å². The topological polar surface area (TPSA) is 17.1 Å². The third-order valence-electron chi connectivity index (χ3n) is 4.10. The van der Waals surface area contributed by atoms with Crippen LogP contribution in [0.1, 0.15) is 24.5 Å². The number of benzene rings is 2. The zero-order valence-corrected chi connectivity index (χ0v) is 17.2. The highest BCUT2D eigenvalue weighted by atomic mass is 35.5. The second-order valence-electron chi connectivity index (χ2n) is 6.12. The molecule has 0 heterocycles. The summed E-state index contributed by atoms with van der Waals surface area (Å²) in [6, 6.07) is 20.5. The van der Waals surface area contributed by atoms with Crippen LogP contribution in [-0.4, -0.2) is 18.1 Å². The average Bonchev–Trinajstić information content (AvgIpc) is 2.66. The molecule has 0 aliphatic rings. The lowest BCUT2D eigenvalue weighted by atomic mass is 10.2. The van der Waals surface area contributed by atoms with Crippen molar-refractivity contribution in [2.24, 2.45) is 0 Å². The van der Waals surface area contributed by atoms with E-state index in [9.17, 15) is 4.57 Å². The van der Waals surface area contributed by atoms with Crippen LogP contribution >= 0.6 is 30.5 Å². The minimum Gasteiger partial charge on any atom is -0.318 e. The molecule has 0 aromatic heterocycles. The highest BCUT2D eigenvalue weighted by Gasteiger charge is 2.26. The van der Waals surface area contributed by atoms with Crippen molar-refractivity contribution < 1.29 is 4.57 Å². The van der Waals surface area contributed by atoms with Crippen LogP contribution in [0.3, 0.4) is 0 Å². The van der Waals surface area contributed by atoms with Gasteiger partial charge in [-0.05, 0) is 41.6 Å². The molecule has 0 aliphatic carbocycles. The molecule has 2 aromatic rings. The quantitative estimate of drug-likeness (QED) is 0.319. The first-order valence-electron chi connectivity index (χ1n) is 8.78. The van der Waals surface area contributed by atoms with Gasteiger partial charge in [0.1, 0.15) is 7.14 Å². The molecular weight excluding hydrogens is 367 g/mol. The van der Waals surface area contributed by atoms with E-state index in [1.807, 2.05) is 41.8 Å². The monoisotopic (exact) mass is 392 g/mol. The molecule has 1 nitrogen and oxygen atoms in total. The predicted octanol–water partition coefficient (Wildman–Crippen LogP) is 7.02. The lowest BCUT2D eigenvalue weighted by molar-refractivity contribution is 0.579. The van der Waals surface area contributed by atoms with Crippen LogP contribution in [0.4, 0.5) is 0 Å². The minimum absolute atomic E-state index is 0.567. The van der Waals surface area contributed by atoms with Gasteiger partial charge >= 0.3 is 0 Å². The van der Waals surface area contributed by atoms with Gasteiger partial charge in [0, 0.05) is 12.3 Å². The van der Waals surface area contributed by atoms with Gasteiger partial charge in [-0.25, -0.2) is 0 Å². The van der Waals surface area contributed by atoms with Crippen LogP contribution in [-0.2, 0) is 17.4 Å². The highest BCUT2D eigenvalue weighted by Crippen LogP contribution is 2.57. The minimum atomic E-state index is -2.58. The fourth-order valence-corrected chi connectivity index (χ4v) is 6.64. The summed E-state index contributed by atoms with van der Waals surface area (Å²) in [4.78, 5) is 0. The van der Waals surface area contributed by atoms with Gasteiger partial charge in [-0.15, -0.1) is 11.8 Å². The zero-order chi connectivity index (χ0) is 18.0. The molecule has 0 aliphatic heterocycles. The van der Waals surface area contributed by atoms with Crippen molar-refractivity contribution in [2.45, 2.75) is 26.2 Å². The van der Waals surface area contributed by atoms with Gasteiger partial charge in [0.15, 0.2) is 0 Å². The van der Waals surface area contributed by atoms with E-state index in [4.69, 9.17) is 11.6 Å². The molecule has 0 bridgehead atoms. The Morgan fingerprint density at radius 2 is 1.44 bits per heavy atom. The summed E-state index contributed by atoms with van der Waals surface area (Å²) >= 11 is 8.20. The van der Waals surface area contributed by atoms with Crippen LogP contribution in [0.25, 0.3) is 0 Å². The van der Waals surface area contributed by atoms with Crippen molar-refractivity contribution in [2.75, 3.05) is 18.1 Å².